The van der Waals surface area contributed by atoms with Gasteiger partial charge in [-0.15, -0.1) is 11.6 Å². The van der Waals surface area contributed by atoms with Gasteiger partial charge in [-0.1, -0.05) is 22.9 Å². The van der Waals surface area contributed by atoms with E-state index in [1.54, 1.807) is 12.1 Å². The molecule has 0 aliphatic carbocycles. The summed E-state index contributed by atoms with van der Waals surface area (Å²) in [6, 6.07) is 4.92. The van der Waals surface area contributed by atoms with Crippen molar-refractivity contribution >= 4 is 27.5 Å². The van der Waals surface area contributed by atoms with Gasteiger partial charge >= 0.3 is 0 Å². The Kier molecular flexibility index (Phi) is 3.74. The van der Waals surface area contributed by atoms with Gasteiger partial charge in [0.25, 0.3) is 0 Å². The molecular weight excluding hydrogens is 254 g/mol. The zero-order valence-electron chi connectivity index (χ0n) is 7.52. The molecule has 0 saturated carbocycles. The molecule has 0 bridgehead atoms. The van der Waals surface area contributed by atoms with Crippen LogP contribution in [0.2, 0.25) is 0 Å². The minimum absolute atomic E-state index is 0.0270. The molecule has 0 saturated heterocycles. The molecule has 0 spiro atoms. The SMILES string of the molecule is CC(Cl)C(C)c1cc(Br)ccc1F. The summed E-state index contributed by atoms with van der Waals surface area (Å²) in [6.45, 7) is 3.79. The number of benzene rings is 1. The molecule has 0 aromatic heterocycles. The molecule has 72 valence electrons. The third-order valence-corrected chi connectivity index (χ3v) is 3.01. The van der Waals surface area contributed by atoms with Crippen molar-refractivity contribution in [1.82, 2.24) is 0 Å². The Labute approximate surface area is 91.2 Å². The van der Waals surface area contributed by atoms with Crippen molar-refractivity contribution in [2.75, 3.05) is 0 Å². The zero-order chi connectivity index (χ0) is 10.0. The Hall–Kier alpha value is -0.0800. The smallest absolute Gasteiger partial charge is 0.126 e. The van der Waals surface area contributed by atoms with E-state index in [9.17, 15) is 4.39 Å². The van der Waals surface area contributed by atoms with Crippen LogP contribution in [0.25, 0.3) is 0 Å². The first-order valence-electron chi connectivity index (χ1n) is 4.11. The topological polar surface area (TPSA) is 0 Å². The molecule has 0 heterocycles. The minimum Gasteiger partial charge on any atom is -0.207 e. The molecular formula is C10H11BrClF. The highest BCUT2D eigenvalue weighted by Crippen LogP contribution is 2.27. The molecule has 1 aromatic carbocycles. The van der Waals surface area contributed by atoms with Crippen LogP contribution in [0.1, 0.15) is 25.3 Å². The maximum atomic E-state index is 13.3. The first kappa shape index (κ1) is 11.0. The number of hydrogen-bond acceptors (Lipinski definition) is 0. The molecule has 13 heavy (non-hydrogen) atoms. The van der Waals surface area contributed by atoms with Gasteiger partial charge in [0.05, 0.1) is 0 Å². The maximum absolute atomic E-state index is 13.3. The Morgan fingerprint density at radius 2 is 2.00 bits per heavy atom. The summed E-state index contributed by atoms with van der Waals surface area (Å²) in [5.74, 6) is -0.164. The lowest BCUT2D eigenvalue weighted by molar-refractivity contribution is 0.585. The van der Waals surface area contributed by atoms with Gasteiger partial charge in [-0.3, -0.25) is 0 Å². The average molecular weight is 266 g/mol. The number of halogens is 3. The van der Waals surface area contributed by atoms with Gasteiger partial charge in [0, 0.05) is 15.8 Å². The van der Waals surface area contributed by atoms with Crippen LogP contribution in [0.15, 0.2) is 22.7 Å². The van der Waals surface area contributed by atoms with E-state index in [1.807, 2.05) is 13.8 Å². The van der Waals surface area contributed by atoms with E-state index in [0.29, 0.717) is 5.56 Å². The first-order valence-corrected chi connectivity index (χ1v) is 5.34. The Bertz CT molecular complexity index is 299. The Morgan fingerprint density at radius 1 is 1.38 bits per heavy atom. The molecule has 0 N–H and O–H groups in total. The molecule has 1 aromatic rings. The molecule has 0 radical (unpaired) electrons. The van der Waals surface area contributed by atoms with Crippen LogP contribution in [-0.2, 0) is 0 Å². The van der Waals surface area contributed by atoms with Gasteiger partial charge in [0.15, 0.2) is 0 Å². The van der Waals surface area contributed by atoms with Gasteiger partial charge in [-0.25, -0.2) is 4.39 Å². The van der Waals surface area contributed by atoms with Gasteiger partial charge in [0.2, 0.25) is 0 Å². The lowest BCUT2D eigenvalue weighted by Gasteiger charge is -2.15. The third-order valence-electron chi connectivity index (χ3n) is 2.14. The van der Waals surface area contributed by atoms with Crippen molar-refractivity contribution in [3.8, 4) is 0 Å². The van der Waals surface area contributed by atoms with Crippen LogP contribution in [0.5, 0.6) is 0 Å². The third kappa shape index (κ3) is 2.68. The highest BCUT2D eigenvalue weighted by molar-refractivity contribution is 9.10. The minimum atomic E-state index is -0.191. The van der Waals surface area contributed by atoms with E-state index < -0.39 is 0 Å². The van der Waals surface area contributed by atoms with Crippen molar-refractivity contribution in [3.05, 3.63) is 34.1 Å². The molecule has 3 heteroatoms. The largest absolute Gasteiger partial charge is 0.207 e. The van der Waals surface area contributed by atoms with Gasteiger partial charge in [0.1, 0.15) is 5.82 Å². The van der Waals surface area contributed by atoms with Crippen molar-refractivity contribution in [1.29, 1.82) is 0 Å². The second-order valence-electron chi connectivity index (χ2n) is 3.13. The molecule has 0 nitrogen and oxygen atoms in total. The molecule has 0 aliphatic heterocycles. The predicted octanol–water partition coefficient (Wildman–Crippen LogP) is 4.32. The quantitative estimate of drug-likeness (QED) is 0.699. The van der Waals surface area contributed by atoms with Crippen molar-refractivity contribution < 1.29 is 4.39 Å². The van der Waals surface area contributed by atoms with Crippen LogP contribution in [-0.4, -0.2) is 5.38 Å². The second kappa shape index (κ2) is 4.43. The molecule has 2 unspecified atom stereocenters. The number of hydrogen-bond donors (Lipinski definition) is 0. The lowest BCUT2D eigenvalue weighted by Crippen LogP contribution is -2.07. The molecule has 0 amide bonds. The summed E-state index contributed by atoms with van der Waals surface area (Å²) in [5.41, 5.74) is 0.664. The second-order valence-corrected chi connectivity index (χ2v) is 4.74. The zero-order valence-corrected chi connectivity index (χ0v) is 9.86. The van der Waals surface area contributed by atoms with Gasteiger partial charge in [-0.05, 0) is 30.7 Å². The van der Waals surface area contributed by atoms with Crippen LogP contribution in [0.4, 0.5) is 4.39 Å². The fraction of sp³-hybridized carbons (Fsp3) is 0.400. The predicted molar refractivity (Wildman–Crippen MR) is 57.8 cm³/mol. The highest BCUT2D eigenvalue weighted by atomic mass is 79.9. The van der Waals surface area contributed by atoms with E-state index in [2.05, 4.69) is 15.9 Å². The molecule has 0 aliphatic rings. The van der Waals surface area contributed by atoms with Crippen molar-refractivity contribution in [2.45, 2.75) is 25.1 Å². The van der Waals surface area contributed by atoms with Crippen molar-refractivity contribution in [2.24, 2.45) is 0 Å². The van der Waals surface area contributed by atoms with Crippen LogP contribution < -0.4 is 0 Å². The number of alkyl halides is 1. The molecule has 2 atom stereocenters. The fourth-order valence-electron chi connectivity index (χ4n) is 1.11. The van der Waals surface area contributed by atoms with E-state index in [4.69, 9.17) is 11.6 Å². The summed E-state index contributed by atoms with van der Waals surface area (Å²) in [6.07, 6.45) is 0. The van der Waals surface area contributed by atoms with E-state index >= 15 is 0 Å². The van der Waals surface area contributed by atoms with Crippen molar-refractivity contribution in [3.63, 3.8) is 0 Å². The summed E-state index contributed by atoms with van der Waals surface area (Å²) < 4.78 is 14.2. The summed E-state index contributed by atoms with van der Waals surface area (Å²) in [5, 5.41) is -0.0659. The maximum Gasteiger partial charge on any atom is 0.126 e. The average Bonchev–Trinajstić information content (AvgIpc) is 2.08. The monoisotopic (exact) mass is 264 g/mol. The molecule has 1 rings (SSSR count). The lowest BCUT2D eigenvalue weighted by atomic mass is 9.98. The van der Waals surface area contributed by atoms with Gasteiger partial charge in [-0.2, -0.15) is 0 Å². The van der Waals surface area contributed by atoms with Gasteiger partial charge < -0.3 is 0 Å². The van der Waals surface area contributed by atoms with Crippen LogP contribution >= 0.6 is 27.5 Å². The standard InChI is InChI=1S/C10H11BrClF/c1-6(7(2)12)9-5-8(11)3-4-10(9)13/h3-7H,1-2H3. The van der Waals surface area contributed by atoms with E-state index in [-0.39, 0.29) is 17.1 Å². The highest BCUT2D eigenvalue weighted by Gasteiger charge is 2.15. The summed E-state index contributed by atoms with van der Waals surface area (Å²) in [7, 11) is 0. The first-order chi connectivity index (χ1) is 6.02. The Balaban J connectivity index is 3.05. The van der Waals surface area contributed by atoms with E-state index in [1.165, 1.54) is 6.07 Å². The summed E-state index contributed by atoms with van der Waals surface area (Å²) in [4.78, 5) is 0. The molecule has 0 fully saturated rings. The van der Waals surface area contributed by atoms with Crippen LogP contribution in [0.3, 0.4) is 0 Å². The summed E-state index contributed by atoms with van der Waals surface area (Å²) >= 11 is 9.21. The van der Waals surface area contributed by atoms with E-state index in [0.717, 1.165) is 4.47 Å². The normalized spacial score (nSPS) is 15.5. The fourth-order valence-corrected chi connectivity index (χ4v) is 1.63. The Morgan fingerprint density at radius 3 is 2.54 bits per heavy atom. The van der Waals surface area contributed by atoms with Crippen LogP contribution in [0, 0.1) is 5.82 Å². The number of rotatable bonds is 2.